The second-order valence-corrected chi connectivity index (χ2v) is 5.02. The molecular weight excluding hydrogens is 298 g/mol. The molecule has 0 saturated heterocycles. The monoisotopic (exact) mass is 305 g/mol. The number of benzene rings is 2. The SMILES string of the molecule is Clc1ccc(-c2cc3ccccc3n2Br)cc1. The maximum Gasteiger partial charge on any atom is 0.0604 e. The Balaban J connectivity index is 2.24. The first-order chi connectivity index (χ1) is 8.25. The predicted molar refractivity (Wildman–Crippen MR) is 76.7 cm³/mol. The summed E-state index contributed by atoms with van der Waals surface area (Å²) in [5, 5.41) is 1.97. The van der Waals surface area contributed by atoms with E-state index in [1.807, 2.05) is 40.0 Å². The van der Waals surface area contributed by atoms with Crippen LogP contribution in [0, 0.1) is 0 Å². The number of hydrogen-bond acceptors (Lipinski definition) is 0. The van der Waals surface area contributed by atoms with Gasteiger partial charge in [-0.2, -0.15) is 0 Å². The Bertz CT molecular complexity index is 670. The lowest BCUT2D eigenvalue weighted by molar-refractivity contribution is 1.38. The number of fused-ring (bicyclic) bond motifs is 1. The van der Waals surface area contributed by atoms with Crippen LogP contribution in [-0.4, -0.2) is 3.59 Å². The third kappa shape index (κ3) is 1.88. The largest absolute Gasteiger partial charge is 0.276 e. The normalized spacial score (nSPS) is 10.9. The van der Waals surface area contributed by atoms with E-state index in [1.54, 1.807) is 0 Å². The fraction of sp³-hybridized carbons (Fsp3) is 0. The average molecular weight is 307 g/mol. The summed E-state index contributed by atoms with van der Waals surface area (Å²) in [4.78, 5) is 0. The molecule has 0 unspecified atom stereocenters. The minimum atomic E-state index is 0.756. The zero-order valence-electron chi connectivity index (χ0n) is 8.90. The second kappa shape index (κ2) is 4.21. The van der Waals surface area contributed by atoms with Gasteiger partial charge in [-0.1, -0.05) is 41.9 Å². The maximum absolute atomic E-state index is 5.90. The smallest absolute Gasteiger partial charge is 0.0604 e. The van der Waals surface area contributed by atoms with Gasteiger partial charge in [-0.25, -0.2) is 0 Å². The summed E-state index contributed by atoms with van der Waals surface area (Å²) in [5.41, 5.74) is 3.43. The number of para-hydroxylation sites is 1. The lowest BCUT2D eigenvalue weighted by Crippen LogP contribution is -1.83. The van der Waals surface area contributed by atoms with Crippen molar-refractivity contribution >= 4 is 38.7 Å². The lowest BCUT2D eigenvalue weighted by Gasteiger charge is -2.02. The van der Waals surface area contributed by atoms with Crippen LogP contribution in [0.5, 0.6) is 0 Å². The van der Waals surface area contributed by atoms with Crippen molar-refractivity contribution in [2.24, 2.45) is 0 Å². The molecule has 0 spiro atoms. The summed E-state index contributed by atoms with van der Waals surface area (Å²) in [7, 11) is 0. The summed E-state index contributed by atoms with van der Waals surface area (Å²) < 4.78 is 2.02. The van der Waals surface area contributed by atoms with E-state index in [2.05, 4.69) is 34.3 Å². The zero-order chi connectivity index (χ0) is 11.8. The first kappa shape index (κ1) is 10.9. The van der Waals surface area contributed by atoms with Crippen molar-refractivity contribution < 1.29 is 0 Å². The molecule has 0 radical (unpaired) electrons. The number of nitrogens with zero attached hydrogens (tertiary/aromatic N) is 1. The Hall–Kier alpha value is -1.25. The Morgan fingerprint density at radius 3 is 2.35 bits per heavy atom. The Kier molecular flexibility index (Phi) is 2.69. The molecule has 0 aliphatic rings. The van der Waals surface area contributed by atoms with E-state index in [-0.39, 0.29) is 0 Å². The van der Waals surface area contributed by atoms with Gasteiger partial charge in [-0.05, 0) is 29.8 Å². The standard InChI is InChI=1S/C14H9BrClN/c15-17-13-4-2-1-3-11(13)9-14(17)10-5-7-12(16)8-6-10/h1-9H. The van der Waals surface area contributed by atoms with Crippen LogP contribution in [0.3, 0.4) is 0 Å². The average Bonchev–Trinajstić information content (AvgIpc) is 2.69. The minimum absolute atomic E-state index is 0.756. The van der Waals surface area contributed by atoms with Crippen molar-refractivity contribution in [3.63, 3.8) is 0 Å². The topological polar surface area (TPSA) is 4.93 Å². The van der Waals surface area contributed by atoms with Gasteiger partial charge < -0.3 is 0 Å². The van der Waals surface area contributed by atoms with Crippen LogP contribution in [0.4, 0.5) is 0 Å². The maximum atomic E-state index is 5.90. The molecule has 0 N–H and O–H groups in total. The van der Waals surface area contributed by atoms with Crippen molar-refractivity contribution in [2.45, 2.75) is 0 Å². The lowest BCUT2D eigenvalue weighted by atomic mass is 10.1. The van der Waals surface area contributed by atoms with Gasteiger partial charge in [-0.15, -0.1) is 0 Å². The van der Waals surface area contributed by atoms with Gasteiger partial charge in [0.05, 0.1) is 27.4 Å². The van der Waals surface area contributed by atoms with E-state index in [9.17, 15) is 0 Å². The van der Waals surface area contributed by atoms with E-state index in [0.29, 0.717) is 0 Å². The molecule has 1 aromatic heterocycles. The Labute approximate surface area is 113 Å². The highest BCUT2D eigenvalue weighted by Gasteiger charge is 2.07. The first-order valence-corrected chi connectivity index (χ1v) is 6.37. The fourth-order valence-electron chi connectivity index (χ4n) is 1.94. The van der Waals surface area contributed by atoms with Crippen LogP contribution in [0.2, 0.25) is 5.02 Å². The molecule has 84 valence electrons. The molecule has 0 amide bonds. The van der Waals surface area contributed by atoms with Crippen LogP contribution in [0.15, 0.2) is 54.6 Å². The van der Waals surface area contributed by atoms with Gasteiger partial charge in [0.1, 0.15) is 0 Å². The summed E-state index contributed by atoms with van der Waals surface area (Å²) in [6.07, 6.45) is 0. The molecule has 0 bridgehead atoms. The van der Waals surface area contributed by atoms with E-state index < -0.39 is 0 Å². The van der Waals surface area contributed by atoms with E-state index >= 15 is 0 Å². The highest BCUT2D eigenvalue weighted by molar-refractivity contribution is 9.08. The Morgan fingerprint density at radius 2 is 1.65 bits per heavy atom. The zero-order valence-corrected chi connectivity index (χ0v) is 11.2. The van der Waals surface area contributed by atoms with Crippen molar-refractivity contribution in [1.29, 1.82) is 0 Å². The van der Waals surface area contributed by atoms with Crippen LogP contribution in [-0.2, 0) is 0 Å². The summed E-state index contributed by atoms with van der Waals surface area (Å²) in [6.45, 7) is 0. The van der Waals surface area contributed by atoms with Crippen molar-refractivity contribution in [3.05, 3.63) is 59.6 Å². The summed E-state index contributed by atoms with van der Waals surface area (Å²) >= 11 is 9.49. The fourth-order valence-corrected chi connectivity index (χ4v) is 2.70. The molecule has 17 heavy (non-hydrogen) atoms. The van der Waals surface area contributed by atoms with Gasteiger partial charge in [0.15, 0.2) is 0 Å². The van der Waals surface area contributed by atoms with Crippen LogP contribution >= 0.6 is 27.7 Å². The van der Waals surface area contributed by atoms with Gasteiger partial charge in [0.2, 0.25) is 0 Å². The number of hydrogen-bond donors (Lipinski definition) is 0. The van der Waals surface area contributed by atoms with E-state index in [1.165, 1.54) is 5.39 Å². The molecular formula is C14H9BrClN. The number of rotatable bonds is 1. The van der Waals surface area contributed by atoms with Gasteiger partial charge >= 0.3 is 0 Å². The highest BCUT2D eigenvalue weighted by Crippen LogP contribution is 2.30. The van der Waals surface area contributed by atoms with Gasteiger partial charge in [0.25, 0.3) is 0 Å². The molecule has 0 fully saturated rings. The Morgan fingerprint density at radius 1 is 0.941 bits per heavy atom. The van der Waals surface area contributed by atoms with Crippen molar-refractivity contribution in [3.8, 4) is 11.3 Å². The van der Waals surface area contributed by atoms with Gasteiger partial charge in [-0.3, -0.25) is 3.59 Å². The molecule has 0 atom stereocenters. The van der Waals surface area contributed by atoms with Crippen molar-refractivity contribution in [2.75, 3.05) is 0 Å². The first-order valence-electron chi connectivity index (χ1n) is 5.28. The number of halogens is 2. The number of aromatic nitrogens is 1. The highest BCUT2D eigenvalue weighted by atomic mass is 79.9. The summed E-state index contributed by atoms with van der Waals surface area (Å²) in [6, 6.07) is 18.3. The van der Waals surface area contributed by atoms with Crippen LogP contribution in [0.25, 0.3) is 22.2 Å². The second-order valence-electron chi connectivity index (χ2n) is 3.88. The van der Waals surface area contributed by atoms with Crippen LogP contribution < -0.4 is 0 Å². The predicted octanol–water partition coefficient (Wildman–Crippen LogP) is 5.12. The van der Waals surface area contributed by atoms with E-state index in [4.69, 9.17) is 11.6 Å². The van der Waals surface area contributed by atoms with Crippen LogP contribution in [0.1, 0.15) is 0 Å². The molecule has 3 aromatic rings. The molecule has 3 rings (SSSR count). The third-order valence-electron chi connectivity index (χ3n) is 2.79. The molecule has 2 aromatic carbocycles. The third-order valence-corrected chi connectivity index (χ3v) is 3.81. The molecule has 1 nitrogen and oxygen atoms in total. The molecule has 0 saturated carbocycles. The minimum Gasteiger partial charge on any atom is -0.276 e. The molecule has 3 heteroatoms. The quantitative estimate of drug-likeness (QED) is 0.588. The van der Waals surface area contributed by atoms with Gasteiger partial charge in [0, 0.05) is 10.4 Å². The molecule has 0 aliphatic carbocycles. The molecule has 0 aliphatic heterocycles. The van der Waals surface area contributed by atoms with E-state index in [0.717, 1.165) is 21.8 Å². The molecule has 1 heterocycles. The van der Waals surface area contributed by atoms with Crippen molar-refractivity contribution in [1.82, 2.24) is 3.59 Å². The summed E-state index contributed by atoms with van der Waals surface area (Å²) in [5.74, 6) is 0.